The monoisotopic (exact) mass is 660 g/mol. The van der Waals surface area contributed by atoms with Gasteiger partial charge in [-0.05, 0) is 52.0 Å². The summed E-state index contributed by atoms with van der Waals surface area (Å²) in [7, 11) is 0. The van der Waals surface area contributed by atoms with Crippen LogP contribution in [0.5, 0.6) is 0 Å². The Morgan fingerprint density at radius 1 is 0.587 bits per heavy atom. The van der Waals surface area contributed by atoms with Crippen LogP contribution in [0.1, 0.15) is 69.1 Å². The lowest BCUT2D eigenvalue weighted by Crippen LogP contribution is -2.74. The number of fused-ring (bicyclic) bond motifs is 4. The first-order chi connectivity index (χ1) is 21.7. The van der Waals surface area contributed by atoms with Gasteiger partial charge in [-0.2, -0.15) is 0 Å². The molecule has 6 heterocycles. The number of amides is 8. The van der Waals surface area contributed by atoms with Crippen molar-refractivity contribution in [1.29, 1.82) is 0 Å². The molecule has 4 fully saturated rings. The SMILES string of the molecule is CC1(C)S[C@@H]2[C@H](N3C(=O)c4ccccc4C3=O)C(=O)N2[C@@H]1NC(=O)N[C@H]1N2C(=O)[C@H](N3C(=O)c4ccccc4C3=O)[C@@H]2SC1(C)C. The van der Waals surface area contributed by atoms with E-state index in [4.69, 9.17) is 0 Å². The number of carbonyl (C=O) groups is 7. The van der Waals surface area contributed by atoms with E-state index in [1.54, 1.807) is 48.5 Å². The lowest BCUT2D eigenvalue weighted by molar-refractivity contribution is -0.153. The van der Waals surface area contributed by atoms with Crippen molar-refractivity contribution < 1.29 is 33.6 Å². The third-order valence-corrected chi connectivity index (χ3v) is 12.7. The van der Waals surface area contributed by atoms with Crippen molar-refractivity contribution in [3.05, 3.63) is 70.8 Å². The molecule has 6 atom stereocenters. The van der Waals surface area contributed by atoms with Gasteiger partial charge in [-0.3, -0.25) is 38.6 Å². The fraction of sp³-hybridized carbons (Fsp3) is 0.387. The summed E-state index contributed by atoms with van der Waals surface area (Å²) in [6.07, 6.45) is -1.54. The summed E-state index contributed by atoms with van der Waals surface area (Å²) in [4.78, 5) is 98.0. The summed E-state index contributed by atoms with van der Waals surface area (Å²) >= 11 is 2.78. The molecule has 0 unspecified atom stereocenters. The van der Waals surface area contributed by atoms with Crippen LogP contribution in [0.4, 0.5) is 4.79 Å². The number of nitrogens with one attached hydrogen (secondary N) is 2. The Morgan fingerprint density at radius 2 is 0.891 bits per heavy atom. The molecule has 6 aliphatic rings. The molecule has 0 aromatic heterocycles. The van der Waals surface area contributed by atoms with Crippen molar-refractivity contribution in [2.45, 2.75) is 72.4 Å². The zero-order valence-electron chi connectivity index (χ0n) is 25.0. The molecule has 15 heteroatoms. The Labute approximate surface area is 271 Å². The van der Waals surface area contributed by atoms with Crippen molar-refractivity contribution in [1.82, 2.24) is 30.2 Å². The van der Waals surface area contributed by atoms with Gasteiger partial charge in [0.15, 0.2) is 0 Å². The average Bonchev–Trinajstić information content (AvgIpc) is 3.59. The van der Waals surface area contributed by atoms with Crippen molar-refractivity contribution in [2.24, 2.45) is 0 Å². The molecular weight excluding hydrogens is 633 g/mol. The number of nitrogens with zero attached hydrogens (tertiary/aromatic N) is 4. The Kier molecular flexibility index (Phi) is 5.90. The number of carbonyl (C=O) groups excluding carboxylic acids is 7. The molecule has 8 rings (SSSR count). The maximum Gasteiger partial charge on any atom is 0.318 e. The number of benzene rings is 2. The molecule has 13 nitrogen and oxygen atoms in total. The molecule has 8 amide bonds. The molecule has 2 N–H and O–H groups in total. The van der Waals surface area contributed by atoms with Crippen LogP contribution in [-0.4, -0.2) is 106 Å². The molecule has 46 heavy (non-hydrogen) atoms. The van der Waals surface area contributed by atoms with E-state index >= 15 is 0 Å². The maximum absolute atomic E-state index is 13.5. The summed E-state index contributed by atoms with van der Waals surface area (Å²) in [5.74, 6) is -2.94. The fourth-order valence-electron chi connectivity index (χ4n) is 7.33. The van der Waals surface area contributed by atoms with E-state index in [2.05, 4.69) is 10.6 Å². The minimum atomic E-state index is -0.991. The third kappa shape index (κ3) is 3.63. The molecule has 0 spiro atoms. The highest BCUT2D eigenvalue weighted by atomic mass is 32.2. The minimum Gasteiger partial charge on any atom is -0.316 e. The Morgan fingerprint density at radius 3 is 1.20 bits per heavy atom. The zero-order valence-corrected chi connectivity index (χ0v) is 26.7. The lowest BCUT2D eigenvalue weighted by atomic mass is 9.99. The fourth-order valence-corrected chi connectivity index (χ4v) is 10.6. The van der Waals surface area contributed by atoms with Crippen molar-refractivity contribution in [3.63, 3.8) is 0 Å². The second kappa shape index (κ2) is 9.35. The predicted octanol–water partition coefficient (Wildman–Crippen LogP) is 1.65. The van der Waals surface area contributed by atoms with Gasteiger partial charge in [0.05, 0.1) is 31.7 Å². The van der Waals surface area contributed by atoms with E-state index < -0.39 is 86.1 Å². The van der Waals surface area contributed by atoms with Gasteiger partial charge >= 0.3 is 6.03 Å². The van der Waals surface area contributed by atoms with E-state index in [1.165, 1.54) is 33.3 Å². The second-order valence-electron chi connectivity index (χ2n) is 13.1. The molecule has 0 radical (unpaired) electrons. The summed E-state index contributed by atoms with van der Waals surface area (Å²) < 4.78 is -1.37. The van der Waals surface area contributed by atoms with Gasteiger partial charge < -0.3 is 20.4 Å². The Balaban J connectivity index is 0.968. The largest absolute Gasteiger partial charge is 0.318 e. The molecule has 0 saturated carbocycles. The Hall–Kier alpha value is -4.37. The summed E-state index contributed by atoms with van der Waals surface area (Å²) in [5, 5.41) is 4.69. The average molecular weight is 661 g/mol. The highest BCUT2D eigenvalue weighted by Gasteiger charge is 2.68. The van der Waals surface area contributed by atoms with Crippen LogP contribution in [-0.2, 0) is 9.59 Å². The van der Waals surface area contributed by atoms with Gasteiger partial charge in [-0.25, -0.2) is 4.79 Å². The molecule has 2 aromatic rings. The predicted molar refractivity (Wildman–Crippen MR) is 165 cm³/mol. The molecular formula is C31H28N6O7S2. The molecule has 2 aromatic carbocycles. The number of β-lactam (4-membered cyclic amide) rings is 2. The van der Waals surface area contributed by atoms with Crippen LogP contribution >= 0.6 is 23.5 Å². The molecule has 6 aliphatic heterocycles. The third-order valence-electron chi connectivity index (χ3n) is 9.57. The molecule has 0 bridgehead atoms. The molecule has 0 aliphatic carbocycles. The standard InChI is InChI=1S/C31H28N6O7S2/c1-30(2)27(36-23(42)17(25(36)45-30)34-19(38)13-9-5-6-10-14(13)20(34)39)32-29(44)33-28-31(3,4)46-26-18(24(43)37(26)28)35-21(40)15-11-7-8-12-16(15)22(35)41/h5-12,17-18,25-28H,1-4H3,(H2,32,33,44)/t17-,18+,25-,26+,27-,28-/m0/s1. The maximum atomic E-state index is 13.5. The van der Waals surface area contributed by atoms with E-state index in [0.717, 1.165) is 9.80 Å². The topological polar surface area (TPSA) is 157 Å². The number of urea groups is 1. The van der Waals surface area contributed by atoms with E-state index in [1.807, 2.05) is 27.7 Å². The quantitative estimate of drug-likeness (QED) is 0.368. The van der Waals surface area contributed by atoms with Crippen LogP contribution in [0.15, 0.2) is 48.5 Å². The number of rotatable bonds is 4. The number of hydrogen-bond acceptors (Lipinski definition) is 9. The number of hydrogen-bond donors (Lipinski definition) is 2. The van der Waals surface area contributed by atoms with Crippen molar-refractivity contribution in [2.75, 3.05) is 0 Å². The Bertz CT molecular complexity index is 1650. The van der Waals surface area contributed by atoms with E-state index in [9.17, 15) is 33.6 Å². The normalized spacial score (nSPS) is 31.4. The highest BCUT2D eigenvalue weighted by Crippen LogP contribution is 2.53. The van der Waals surface area contributed by atoms with Gasteiger partial charge in [0, 0.05) is 0 Å². The minimum absolute atomic E-state index is 0.260. The highest BCUT2D eigenvalue weighted by molar-refractivity contribution is 8.02. The van der Waals surface area contributed by atoms with E-state index in [-0.39, 0.29) is 22.3 Å². The number of thioether (sulfide) groups is 2. The first-order valence-corrected chi connectivity index (χ1v) is 16.5. The van der Waals surface area contributed by atoms with Crippen LogP contribution in [0.2, 0.25) is 0 Å². The summed E-state index contributed by atoms with van der Waals surface area (Å²) in [6, 6.07) is 10.3. The van der Waals surface area contributed by atoms with E-state index in [0.29, 0.717) is 0 Å². The zero-order chi connectivity index (χ0) is 32.6. The smallest absolute Gasteiger partial charge is 0.316 e. The van der Waals surface area contributed by atoms with Crippen molar-refractivity contribution in [3.8, 4) is 0 Å². The van der Waals surface area contributed by atoms with Crippen LogP contribution in [0.3, 0.4) is 0 Å². The van der Waals surface area contributed by atoms with Crippen LogP contribution in [0.25, 0.3) is 0 Å². The van der Waals surface area contributed by atoms with Gasteiger partial charge in [0.1, 0.15) is 35.2 Å². The number of imide groups is 2. The van der Waals surface area contributed by atoms with Gasteiger partial charge in [-0.1, -0.05) is 24.3 Å². The second-order valence-corrected chi connectivity index (χ2v) is 16.6. The van der Waals surface area contributed by atoms with Gasteiger partial charge in [-0.15, -0.1) is 23.5 Å². The first kappa shape index (κ1) is 29.1. The summed E-state index contributed by atoms with van der Waals surface area (Å²) in [6.45, 7) is 7.46. The van der Waals surface area contributed by atoms with Gasteiger partial charge in [0.25, 0.3) is 35.4 Å². The summed E-state index contributed by atoms with van der Waals surface area (Å²) in [5.41, 5.74) is 1.04. The van der Waals surface area contributed by atoms with Crippen LogP contribution in [0, 0.1) is 0 Å². The molecule has 236 valence electrons. The van der Waals surface area contributed by atoms with Gasteiger partial charge in [0.2, 0.25) is 0 Å². The van der Waals surface area contributed by atoms with Crippen molar-refractivity contribution >= 4 is 65.0 Å². The first-order valence-electron chi connectivity index (χ1n) is 14.8. The molecule has 4 saturated heterocycles. The lowest BCUT2D eigenvalue weighted by Gasteiger charge is -2.48. The van der Waals surface area contributed by atoms with Crippen LogP contribution < -0.4 is 10.6 Å².